The van der Waals surface area contributed by atoms with Crippen molar-refractivity contribution in [3.63, 3.8) is 0 Å². The van der Waals surface area contributed by atoms with E-state index >= 15 is 0 Å². The van der Waals surface area contributed by atoms with Gasteiger partial charge in [0, 0.05) is 5.56 Å². The molecule has 5 nitrogen and oxygen atoms in total. The summed E-state index contributed by atoms with van der Waals surface area (Å²) in [6.07, 6.45) is 0. The summed E-state index contributed by atoms with van der Waals surface area (Å²) in [5.74, 6) is -1.41. The van der Waals surface area contributed by atoms with Crippen molar-refractivity contribution in [3.8, 4) is 0 Å². The van der Waals surface area contributed by atoms with Gasteiger partial charge in [-0.05, 0) is 25.0 Å². The van der Waals surface area contributed by atoms with E-state index in [1.54, 1.807) is 38.1 Å². The van der Waals surface area contributed by atoms with Crippen LogP contribution in [-0.4, -0.2) is 33.8 Å². The smallest absolute Gasteiger partial charge is 0.316 e. The number of hydrogen-bond acceptors (Lipinski definition) is 4. The monoisotopic (exact) mass is 309 g/mol. The highest BCUT2D eigenvalue weighted by Crippen LogP contribution is 2.21. The second-order valence-electron chi connectivity index (χ2n) is 4.96. The molecule has 21 heavy (non-hydrogen) atoms. The van der Waals surface area contributed by atoms with E-state index in [4.69, 9.17) is 5.11 Å². The summed E-state index contributed by atoms with van der Waals surface area (Å²) in [5.41, 5.74) is 0.890. The Morgan fingerprint density at radius 1 is 1.24 bits per heavy atom. The van der Waals surface area contributed by atoms with E-state index in [1.165, 1.54) is 6.92 Å². The Morgan fingerprint density at radius 3 is 2.38 bits per heavy atom. The van der Waals surface area contributed by atoms with Gasteiger partial charge in [0.15, 0.2) is 5.78 Å². The van der Waals surface area contributed by atoms with Crippen molar-refractivity contribution in [2.24, 2.45) is 5.92 Å². The lowest BCUT2D eigenvalue weighted by Gasteiger charge is -2.15. The van der Waals surface area contributed by atoms with Crippen LogP contribution < -0.4 is 5.32 Å². The largest absolute Gasteiger partial charge is 0.480 e. The van der Waals surface area contributed by atoms with Crippen LogP contribution in [0.1, 0.15) is 31.1 Å². The summed E-state index contributed by atoms with van der Waals surface area (Å²) in [5, 5.41) is 11.1. The first kappa shape index (κ1) is 17.2. The summed E-state index contributed by atoms with van der Waals surface area (Å²) in [7, 11) is 0. The van der Waals surface area contributed by atoms with E-state index in [0.717, 1.165) is 11.8 Å². The minimum absolute atomic E-state index is 0.0292. The summed E-state index contributed by atoms with van der Waals surface area (Å²) >= 11 is 1.08. The minimum atomic E-state index is -0.924. The molecule has 2 N–H and O–H groups in total. The van der Waals surface area contributed by atoms with Gasteiger partial charge in [-0.2, -0.15) is 0 Å². The highest BCUT2D eigenvalue weighted by Gasteiger charge is 2.23. The number of rotatable bonds is 7. The number of carboxylic acids is 1. The molecule has 1 atom stereocenters. The molecule has 0 aliphatic rings. The van der Waals surface area contributed by atoms with Gasteiger partial charge in [0.2, 0.25) is 5.91 Å². The fraction of sp³-hybridized carbons (Fsp3) is 0.400. The molecule has 0 aromatic heterocycles. The van der Waals surface area contributed by atoms with Crippen LogP contribution in [0.5, 0.6) is 0 Å². The van der Waals surface area contributed by atoms with Gasteiger partial charge in [0.25, 0.3) is 0 Å². The molecular weight excluding hydrogens is 290 g/mol. The number of nitrogens with one attached hydrogen (secondary N) is 1. The maximum absolute atomic E-state index is 11.9. The van der Waals surface area contributed by atoms with Crippen molar-refractivity contribution in [3.05, 3.63) is 29.8 Å². The molecule has 0 heterocycles. The number of aliphatic carboxylic acids is 1. The highest BCUT2D eigenvalue weighted by molar-refractivity contribution is 8.01. The summed E-state index contributed by atoms with van der Waals surface area (Å²) in [6.45, 7) is 5.03. The molecular formula is C15H19NO4S. The predicted molar refractivity (Wildman–Crippen MR) is 83.8 cm³/mol. The van der Waals surface area contributed by atoms with Crippen LogP contribution in [0.2, 0.25) is 0 Å². The van der Waals surface area contributed by atoms with Crippen molar-refractivity contribution in [1.29, 1.82) is 0 Å². The Labute approximate surface area is 128 Å². The zero-order valence-corrected chi connectivity index (χ0v) is 13.1. The Morgan fingerprint density at radius 2 is 1.86 bits per heavy atom. The number of para-hydroxylation sites is 1. The Hall–Kier alpha value is -1.82. The van der Waals surface area contributed by atoms with E-state index in [1.807, 2.05) is 0 Å². The van der Waals surface area contributed by atoms with Crippen molar-refractivity contribution in [2.75, 3.05) is 11.1 Å². The Kier molecular flexibility index (Phi) is 6.42. The van der Waals surface area contributed by atoms with Gasteiger partial charge in [-0.15, -0.1) is 11.8 Å². The van der Waals surface area contributed by atoms with Gasteiger partial charge in [-0.3, -0.25) is 14.4 Å². The maximum atomic E-state index is 11.9. The highest BCUT2D eigenvalue weighted by atomic mass is 32.2. The van der Waals surface area contributed by atoms with Crippen molar-refractivity contribution >= 4 is 35.1 Å². The van der Waals surface area contributed by atoms with Gasteiger partial charge in [-0.1, -0.05) is 26.0 Å². The van der Waals surface area contributed by atoms with E-state index < -0.39 is 11.2 Å². The predicted octanol–water partition coefficient (Wildman–Crippen LogP) is 2.67. The van der Waals surface area contributed by atoms with Gasteiger partial charge >= 0.3 is 5.97 Å². The zero-order chi connectivity index (χ0) is 16.0. The van der Waals surface area contributed by atoms with Gasteiger partial charge in [-0.25, -0.2) is 0 Å². The van der Waals surface area contributed by atoms with Crippen LogP contribution in [0.25, 0.3) is 0 Å². The molecule has 0 aliphatic heterocycles. The molecule has 0 aliphatic carbocycles. The third kappa shape index (κ3) is 5.23. The molecule has 1 aromatic rings. The van der Waals surface area contributed by atoms with Gasteiger partial charge < -0.3 is 10.4 Å². The van der Waals surface area contributed by atoms with Crippen LogP contribution in [0.3, 0.4) is 0 Å². The lowest BCUT2D eigenvalue weighted by Crippen LogP contribution is -2.26. The minimum Gasteiger partial charge on any atom is -0.480 e. The van der Waals surface area contributed by atoms with E-state index in [9.17, 15) is 14.4 Å². The number of carbonyl (C=O) groups excluding carboxylic acids is 2. The van der Waals surface area contributed by atoms with Gasteiger partial charge in [0.05, 0.1) is 11.4 Å². The average molecular weight is 309 g/mol. The summed E-state index contributed by atoms with van der Waals surface area (Å²) in [4.78, 5) is 34.4. The molecule has 1 unspecified atom stereocenters. The molecule has 0 saturated carbocycles. The standard InChI is InChI=1S/C15H19NO4S/c1-9(2)14(15(19)20)21-8-13(18)16-12-7-5-4-6-11(12)10(3)17/h4-7,9,14H,8H2,1-3H3,(H,16,18)(H,19,20). The number of benzene rings is 1. The first-order valence-corrected chi connectivity index (χ1v) is 7.62. The lowest BCUT2D eigenvalue weighted by atomic mass is 10.1. The normalized spacial score (nSPS) is 12.0. The van der Waals surface area contributed by atoms with Crippen LogP contribution in [0.15, 0.2) is 24.3 Å². The molecule has 0 spiro atoms. The number of ketones is 1. The number of thioether (sulfide) groups is 1. The molecule has 0 fully saturated rings. The quantitative estimate of drug-likeness (QED) is 0.757. The van der Waals surface area contributed by atoms with Crippen LogP contribution in [0, 0.1) is 5.92 Å². The van der Waals surface area contributed by atoms with E-state index in [-0.39, 0.29) is 23.4 Å². The third-order valence-electron chi connectivity index (χ3n) is 2.82. The molecule has 114 valence electrons. The second-order valence-corrected chi connectivity index (χ2v) is 6.09. The average Bonchev–Trinajstić information content (AvgIpc) is 2.38. The SMILES string of the molecule is CC(=O)c1ccccc1NC(=O)CSC(C(=O)O)C(C)C. The lowest BCUT2D eigenvalue weighted by molar-refractivity contribution is -0.137. The number of carboxylic acid groups (broad SMARTS) is 1. The first-order chi connectivity index (χ1) is 9.82. The van der Waals surface area contributed by atoms with Crippen LogP contribution >= 0.6 is 11.8 Å². The molecule has 1 rings (SSSR count). The fourth-order valence-corrected chi connectivity index (χ4v) is 2.73. The molecule has 1 aromatic carbocycles. The number of amides is 1. The number of hydrogen-bond donors (Lipinski definition) is 2. The molecule has 0 bridgehead atoms. The number of Topliss-reactive ketones (excluding diaryl/α,β-unsaturated/α-hetero) is 1. The Balaban J connectivity index is 2.66. The second kappa shape index (κ2) is 7.83. The molecule has 0 saturated heterocycles. The topological polar surface area (TPSA) is 83.5 Å². The third-order valence-corrected chi connectivity index (χ3v) is 4.36. The fourth-order valence-electron chi connectivity index (χ4n) is 1.80. The number of anilines is 1. The molecule has 6 heteroatoms. The Bertz CT molecular complexity index is 542. The zero-order valence-electron chi connectivity index (χ0n) is 12.3. The van der Waals surface area contributed by atoms with Crippen LogP contribution in [-0.2, 0) is 9.59 Å². The maximum Gasteiger partial charge on any atom is 0.316 e. The van der Waals surface area contributed by atoms with E-state index in [0.29, 0.717) is 11.3 Å². The van der Waals surface area contributed by atoms with Gasteiger partial charge in [0.1, 0.15) is 5.25 Å². The van der Waals surface area contributed by atoms with Crippen molar-refractivity contribution in [1.82, 2.24) is 0 Å². The summed E-state index contributed by atoms with van der Waals surface area (Å²) in [6, 6.07) is 6.74. The first-order valence-electron chi connectivity index (χ1n) is 6.57. The van der Waals surface area contributed by atoms with Crippen molar-refractivity contribution in [2.45, 2.75) is 26.0 Å². The summed E-state index contributed by atoms with van der Waals surface area (Å²) < 4.78 is 0. The molecule has 0 radical (unpaired) electrons. The number of carbonyl (C=O) groups is 3. The van der Waals surface area contributed by atoms with E-state index in [2.05, 4.69) is 5.32 Å². The molecule has 1 amide bonds. The van der Waals surface area contributed by atoms with Crippen LogP contribution in [0.4, 0.5) is 5.69 Å². The van der Waals surface area contributed by atoms with Crippen molar-refractivity contribution < 1.29 is 19.5 Å².